The first-order valence-electron chi connectivity index (χ1n) is 10.1. The summed E-state index contributed by atoms with van der Waals surface area (Å²) in [5.74, 6) is -0.636. The number of para-hydroxylation sites is 1. The van der Waals surface area contributed by atoms with E-state index in [9.17, 15) is 9.59 Å². The third kappa shape index (κ3) is 4.69. The quantitative estimate of drug-likeness (QED) is 0.611. The fourth-order valence-corrected chi connectivity index (χ4v) is 3.58. The number of hydrogen-bond donors (Lipinski definition) is 0. The summed E-state index contributed by atoms with van der Waals surface area (Å²) in [5.41, 5.74) is 3.72. The summed E-state index contributed by atoms with van der Waals surface area (Å²) >= 11 is 0. The Labute approximate surface area is 176 Å². The van der Waals surface area contributed by atoms with Crippen LogP contribution in [0.25, 0.3) is 11.1 Å². The zero-order valence-electron chi connectivity index (χ0n) is 16.7. The van der Waals surface area contributed by atoms with Gasteiger partial charge in [-0.3, -0.25) is 4.79 Å². The van der Waals surface area contributed by atoms with Gasteiger partial charge in [0.25, 0.3) is 5.91 Å². The smallest absolute Gasteiger partial charge is 0.338 e. The van der Waals surface area contributed by atoms with Gasteiger partial charge in [0.1, 0.15) is 0 Å². The Morgan fingerprint density at radius 1 is 0.700 bits per heavy atom. The highest BCUT2D eigenvalue weighted by Crippen LogP contribution is 2.20. The SMILES string of the molecule is O=C(OCC(=O)N1CCN(c2ccccc2)CC1)c1ccc(-c2ccccc2)cc1. The van der Waals surface area contributed by atoms with Crippen LogP contribution >= 0.6 is 0 Å². The highest BCUT2D eigenvalue weighted by atomic mass is 16.5. The van der Waals surface area contributed by atoms with Gasteiger partial charge in [0, 0.05) is 31.9 Å². The summed E-state index contributed by atoms with van der Waals surface area (Å²) in [6.07, 6.45) is 0. The zero-order valence-corrected chi connectivity index (χ0v) is 16.7. The summed E-state index contributed by atoms with van der Waals surface area (Å²) in [6.45, 7) is 2.55. The first kappa shape index (κ1) is 19.7. The van der Waals surface area contributed by atoms with Crippen LogP contribution in [0, 0.1) is 0 Å². The Bertz CT molecular complexity index is 980. The molecule has 1 fully saturated rings. The number of hydrogen-bond acceptors (Lipinski definition) is 4. The van der Waals surface area contributed by atoms with Crippen molar-refractivity contribution in [3.63, 3.8) is 0 Å². The minimum Gasteiger partial charge on any atom is -0.452 e. The second kappa shape index (κ2) is 9.27. The fraction of sp³-hybridized carbons (Fsp3) is 0.200. The number of esters is 1. The topological polar surface area (TPSA) is 49.9 Å². The molecule has 0 saturated carbocycles. The van der Waals surface area contributed by atoms with Crippen molar-refractivity contribution >= 4 is 17.6 Å². The van der Waals surface area contributed by atoms with Crippen molar-refractivity contribution < 1.29 is 14.3 Å². The van der Waals surface area contributed by atoms with E-state index in [1.165, 1.54) is 0 Å². The number of ether oxygens (including phenoxy) is 1. The molecule has 0 radical (unpaired) electrons. The lowest BCUT2D eigenvalue weighted by atomic mass is 10.0. The molecule has 0 unspecified atom stereocenters. The Balaban J connectivity index is 1.26. The van der Waals surface area contributed by atoms with Gasteiger partial charge >= 0.3 is 5.97 Å². The van der Waals surface area contributed by atoms with Crippen molar-refractivity contribution in [2.24, 2.45) is 0 Å². The van der Waals surface area contributed by atoms with Crippen LogP contribution in [0.3, 0.4) is 0 Å². The maximum Gasteiger partial charge on any atom is 0.338 e. The number of benzene rings is 3. The normalized spacial score (nSPS) is 13.7. The van der Waals surface area contributed by atoms with E-state index >= 15 is 0 Å². The van der Waals surface area contributed by atoms with Crippen molar-refractivity contribution in [1.82, 2.24) is 4.90 Å². The van der Waals surface area contributed by atoms with Gasteiger partial charge in [0.2, 0.25) is 0 Å². The minimum atomic E-state index is -0.481. The lowest BCUT2D eigenvalue weighted by Gasteiger charge is -2.36. The van der Waals surface area contributed by atoms with Gasteiger partial charge in [-0.15, -0.1) is 0 Å². The van der Waals surface area contributed by atoms with E-state index in [1.807, 2.05) is 60.7 Å². The number of anilines is 1. The van der Waals surface area contributed by atoms with Crippen LogP contribution in [-0.4, -0.2) is 49.6 Å². The molecule has 5 heteroatoms. The van der Waals surface area contributed by atoms with Gasteiger partial charge in [0.05, 0.1) is 5.56 Å². The molecule has 1 heterocycles. The third-order valence-electron chi connectivity index (χ3n) is 5.31. The molecule has 0 aromatic heterocycles. The lowest BCUT2D eigenvalue weighted by molar-refractivity contribution is -0.134. The van der Waals surface area contributed by atoms with Gasteiger partial charge in [-0.25, -0.2) is 4.79 Å². The average Bonchev–Trinajstić information content (AvgIpc) is 2.83. The van der Waals surface area contributed by atoms with E-state index in [0.717, 1.165) is 29.9 Å². The van der Waals surface area contributed by atoms with Crippen LogP contribution in [0.5, 0.6) is 0 Å². The van der Waals surface area contributed by atoms with Gasteiger partial charge in [-0.1, -0.05) is 60.7 Å². The van der Waals surface area contributed by atoms with E-state index in [1.54, 1.807) is 17.0 Å². The van der Waals surface area contributed by atoms with Gasteiger partial charge in [0.15, 0.2) is 6.61 Å². The monoisotopic (exact) mass is 400 g/mol. The maximum absolute atomic E-state index is 12.4. The number of carbonyl (C=O) groups is 2. The molecule has 0 N–H and O–H groups in total. The van der Waals surface area contributed by atoms with Crippen LogP contribution < -0.4 is 4.90 Å². The van der Waals surface area contributed by atoms with Crippen molar-refractivity contribution in [3.8, 4) is 11.1 Å². The number of carbonyl (C=O) groups excluding carboxylic acids is 2. The molecule has 1 amide bonds. The largest absolute Gasteiger partial charge is 0.452 e. The highest BCUT2D eigenvalue weighted by Gasteiger charge is 2.22. The zero-order chi connectivity index (χ0) is 20.8. The first-order chi connectivity index (χ1) is 14.7. The van der Waals surface area contributed by atoms with E-state index in [0.29, 0.717) is 18.7 Å². The predicted molar refractivity (Wildman–Crippen MR) is 117 cm³/mol. The summed E-state index contributed by atoms with van der Waals surface area (Å²) in [6, 6.07) is 27.3. The second-order valence-corrected chi connectivity index (χ2v) is 7.22. The molecule has 3 aromatic rings. The summed E-state index contributed by atoms with van der Waals surface area (Å²) in [5, 5.41) is 0. The second-order valence-electron chi connectivity index (χ2n) is 7.22. The van der Waals surface area contributed by atoms with E-state index in [2.05, 4.69) is 17.0 Å². The number of rotatable bonds is 5. The third-order valence-corrected chi connectivity index (χ3v) is 5.31. The fourth-order valence-electron chi connectivity index (χ4n) is 3.58. The average molecular weight is 400 g/mol. The number of nitrogens with zero attached hydrogens (tertiary/aromatic N) is 2. The highest BCUT2D eigenvalue weighted by molar-refractivity contribution is 5.92. The summed E-state index contributed by atoms with van der Waals surface area (Å²) < 4.78 is 5.26. The minimum absolute atomic E-state index is 0.156. The molecule has 1 aliphatic rings. The molecule has 4 rings (SSSR count). The van der Waals surface area contributed by atoms with E-state index < -0.39 is 5.97 Å². The first-order valence-corrected chi connectivity index (χ1v) is 10.1. The Kier molecular flexibility index (Phi) is 6.09. The molecule has 1 aliphatic heterocycles. The van der Waals surface area contributed by atoms with E-state index in [-0.39, 0.29) is 12.5 Å². The van der Waals surface area contributed by atoms with Crippen LogP contribution in [0.1, 0.15) is 10.4 Å². The van der Waals surface area contributed by atoms with Crippen molar-refractivity contribution in [2.45, 2.75) is 0 Å². The van der Waals surface area contributed by atoms with Gasteiger partial charge in [-0.05, 0) is 35.4 Å². The Morgan fingerprint density at radius 3 is 1.90 bits per heavy atom. The van der Waals surface area contributed by atoms with Crippen molar-refractivity contribution in [1.29, 1.82) is 0 Å². The number of piperazine rings is 1. The number of amides is 1. The molecule has 0 bridgehead atoms. The molecular weight excluding hydrogens is 376 g/mol. The Morgan fingerprint density at radius 2 is 1.27 bits per heavy atom. The lowest BCUT2D eigenvalue weighted by Crippen LogP contribution is -2.49. The molecule has 3 aromatic carbocycles. The van der Waals surface area contributed by atoms with Crippen molar-refractivity contribution in [2.75, 3.05) is 37.7 Å². The molecule has 0 atom stereocenters. The maximum atomic E-state index is 12.4. The van der Waals surface area contributed by atoms with Crippen LogP contribution in [0.2, 0.25) is 0 Å². The van der Waals surface area contributed by atoms with Crippen LogP contribution in [0.15, 0.2) is 84.9 Å². The summed E-state index contributed by atoms with van der Waals surface area (Å²) in [7, 11) is 0. The predicted octanol–water partition coefficient (Wildman–Crippen LogP) is 3.86. The molecule has 1 saturated heterocycles. The van der Waals surface area contributed by atoms with Crippen molar-refractivity contribution in [3.05, 3.63) is 90.5 Å². The van der Waals surface area contributed by atoms with Gasteiger partial charge in [-0.2, -0.15) is 0 Å². The van der Waals surface area contributed by atoms with Gasteiger partial charge < -0.3 is 14.5 Å². The van der Waals surface area contributed by atoms with E-state index in [4.69, 9.17) is 4.74 Å². The molecule has 5 nitrogen and oxygen atoms in total. The van der Waals surface area contributed by atoms with Crippen LogP contribution in [0.4, 0.5) is 5.69 Å². The summed E-state index contributed by atoms with van der Waals surface area (Å²) in [4.78, 5) is 28.8. The molecule has 30 heavy (non-hydrogen) atoms. The molecular formula is C25H24N2O3. The molecule has 0 aliphatic carbocycles. The standard InChI is InChI=1S/C25H24N2O3/c28-24(27-17-15-26(16-18-27)23-9-5-2-6-10-23)19-30-25(29)22-13-11-21(12-14-22)20-7-3-1-4-8-20/h1-14H,15-19H2. The van der Waals surface area contributed by atoms with Crippen LogP contribution in [-0.2, 0) is 9.53 Å². The Hall–Kier alpha value is -3.60. The molecule has 0 spiro atoms. The molecule has 152 valence electrons.